The number of benzene rings is 2. The number of rotatable bonds is 4. The Bertz CT molecular complexity index is 780. The molecule has 2 aromatic carbocycles. The van der Waals surface area contributed by atoms with Gasteiger partial charge >= 0.3 is 0 Å². The maximum atomic E-state index is 4.48. The van der Waals surface area contributed by atoms with Gasteiger partial charge in [0, 0.05) is 6.20 Å². The van der Waals surface area contributed by atoms with E-state index in [2.05, 4.69) is 38.7 Å². The SMILES string of the molecule is c1ccc(C(c2ccccc2)(c2ccns2)n2cncn2)cc1. The van der Waals surface area contributed by atoms with Crippen LogP contribution in [0.2, 0.25) is 0 Å². The molecule has 0 N–H and O–H groups in total. The van der Waals surface area contributed by atoms with Gasteiger partial charge in [-0.25, -0.2) is 14.0 Å². The van der Waals surface area contributed by atoms with Crippen molar-refractivity contribution < 1.29 is 0 Å². The minimum absolute atomic E-state index is 0.569. The lowest BCUT2D eigenvalue weighted by molar-refractivity contribution is 0.466. The maximum absolute atomic E-state index is 4.48. The van der Waals surface area contributed by atoms with Gasteiger partial charge in [-0.2, -0.15) is 5.10 Å². The molecule has 2 heterocycles. The van der Waals surface area contributed by atoms with Crippen molar-refractivity contribution in [3.8, 4) is 0 Å². The fourth-order valence-corrected chi connectivity index (χ4v) is 3.79. The van der Waals surface area contributed by atoms with Crippen LogP contribution in [0.3, 0.4) is 0 Å². The van der Waals surface area contributed by atoms with E-state index < -0.39 is 5.54 Å². The van der Waals surface area contributed by atoms with E-state index in [1.165, 1.54) is 11.5 Å². The van der Waals surface area contributed by atoms with Crippen LogP contribution in [0.5, 0.6) is 0 Å². The molecule has 0 unspecified atom stereocenters. The lowest BCUT2D eigenvalue weighted by Crippen LogP contribution is -2.37. The highest BCUT2D eigenvalue weighted by Crippen LogP contribution is 2.41. The first kappa shape index (κ1) is 13.8. The average molecular weight is 318 g/mol. The molecule has 0 amide bonds. The zero-order valence-corrected chi connectivity index (χ0v) is 13.1. The second-order valence-corrected chi connectivity index (χ2v) is 5.99. The van der Waals surface area contributed by atoms with Crippen LogP contribution in [-0.2, 0) is 5.54 Å². The fraction of sp³-hybridized carbons (Fsp3) is 0.0556. The Morgan fingerprint density at radius 3 is 1.96 bits per heavy atom. The van der Waals surface area contributed by atoms with Crippen LogP contribution >= 0.6 is 11.5 Å². The Balaban J connectivity index is 2.11. The van der Waals surface area contributed by atoms with Crippen LogP contribution in [-0.4, -0.2) is 19.1 Å². The molecule has 112 valence electrons. The van der Waals surface area contributed by atoms with Gasteiger partial charge in [-0.15, -0.1) is 0 Å². The van der Waals surface area contributed by atoms with Crippen LogP contribution < -0.4 is 0 Å². The van der Waals surface area contributed by atoms with Crippen LogP contribution in [0.25, 0.3) is 0 Å². The smallest absolute Gasteiger partial charge is 0.150 e. The van der Waals surface area contributed by atoms with Gasteiger partial charge in [0.15, 0.2) is 0 Å². The molecule has 0 aliphatic rings. The summed E-state index contributed by atoms with van der Waals surface area (Å²) in [7, 11) is 0. The molecule has 0 radical (unpaired) electrons. The Labute approximate surface area is 138 Å². The minimum atomic E-state index is -0.569. The molecule has 4 aromatic rings. The minimum Gasteiger partial charge on any atom is -0.232 e. The molecule has 0 fully saturated rings. The summed E-state index contributed by atoms with van der Waals surface area (Å²) in [5.41, 5.74) is 1.68. The monoisotopic (exact) mass is 318 g/mol. The van der Waals surface area contributed by atoms with Crippen LogP contribution in [0.4, 0.5) is 0 Å². The zero-order valence-electron chi connectivity index (χ0n) is 12.3. The molecule has 4 nitrogen and oxygen atoms in total. The second kappa shape index (κ2) is 5.78. The van der Waals surface area contributed by atoms with Crippen molar-refractivity contribution in [1.29, 1.82) is 0 Å². The Morgan fingerprint density at radius 1 is 0.826 bits per heavy atom. The van der Waals surface area contributed by atoms with Crippen molar-refractivity contribution in [2.75, 3.05) is 0 Å². The summed E-state index contributed by atoms with van der Waals surface area (Å²) < 4.78 is 6.24. The average Bonchev–Trinajstić information content (AvgIpc) is 3.32. The van der Waals surface area contributed by atoms with Gasteiger partial charge < -0.3 is 0 Å². The maximum Gasteiger partial charge on any atom is 0.150 e. The summed E-state index contributed by atoms with van der Waals surface area (Å²) >= 11 is 1.48. The summed E-state index contributed by atoms with van der Waals surface area (Å²) in [6, 6.07) is 22.8. The Morgan fingerprint density at radius 2 is 1.48 bits per heavy atom. The van der Waals surface area contributed by atoms with Gasteiger partial charge in [0.1, 0.15) is 18.2 Å². The van der Waals surface area contributed by atoms with Gasteiger partial charge in [-0.05, 0) is 28.7 Å². The highest BCUT2D eigenvalue weighted by Gasteiger charge is 2.40. The fourth-order valence-electron chi connectivity index (χ4n) is 2.97. The van der Waals surface area contributed by atoms with Crippen LogP contribution in [0, 0.1) is 0 Å². The van der Waals surface area contributed by atoms with Crippen molar-refractivity contribution in [3.63, 3.8) is 0 Å². The quantitative estimate of drug-likeness (QED) is 0.578. The van der Waals surface area contributed by atoms with E-state index in [1.807, 2.05) is 53.3 Å². The molecule has 0 atom stereocenters. The lowest BCUT2D eigenvalue weighted by Gasteiger charge is -2.33. The summed E-state index contributed by atoms with van der Waals surface area (Å²) in [6.07, 6.45) is 5.17. The van der Waals surface area contributed by atoms with Gasteiger partial charge in [0.25, 0.3) is 0 Å². The molecule has 23 heavy (non-hydrogen) atoms. The molecule has 4 rings (SSSR count). The third-order valence-corrected chi connectivity index (χ3v) is 4.80. The second-order valence-electron chi connectivity index (χ2n) is 5.16. The standard InChI is InChI=1S/C18H14N4S/c1-3-7-15(8-4-1)18(17-11-12-21-23-17,22-14-19-13-20-22)16-9-5-2-6-10-16/h1-14H. The van der Waals surface area contributed by atoms with Crippen molar-refractivity contribution >= 4 is 11.5 Å². The number of nitrogens with zero attached hydrogens (tertiary/aromatic N) is 4. The molecule has 5 heteroatoms. The normalized spacial score (nSPS) is 11.5. The predicted molar refractivity (Wildman–Crippen MR) is 90.3 cm³/mol. The molecule has 0 spiro atoms. The molecule has 0 bridgehead atoms. The first-order valence-corrected chi connectivity index (χ1v) is 8.07. The summed E-state index contributed by atoms with van der Waals surface area (Å²) in [6.45, 7) is 0. The van der Waals surface area contributed by atoms with Crippen LogP contribution in [0.1, 0.15) is 16.0 Å². The van der Waals surface area contributed by atoms with Crippen molar-refractivity contribution in [3.05, 3.63) is 102 Å². The predicted octanol–water partition coefficient (Wildman–Crippen LogP) is 3.57. The number of hydrogen-bond acceptors (Lipinski definition) is 4. The highest BCUT2D eigenvalue weighted by molar-refractivity contribution is 7.06. The van der Waals surface area contributed by atoms with E-state index in [1.54, 1.807) is 12.7 Å². The zero-order chi connectivity index (χ0) is 15.5. The van der Waals surface area contributed by atoms with E-state index in [9.17, 15) is 0 Å². The first-order valence-electron chi connectivity index (χ1n) is 7.29. The molecular weight excluding hydrogens is 304 g/mol. The number of aromatic nitrogens is 4. The molecule has 0 aliphatic heterocycles. The van der Waals surface area contributed by atoms with E-state index in [0.717, 1.165) is 16.0 Å². The first-order chi connectivity index (χ1) is 11.4. The van der Waals surface area contributed by atoms with E-state index in [0.29, 0.717) is 0 Å². The van der Waals surface area contributed by atoms with Crippen molar-refractivity contribution in [2.45, 2.75) is 5.54 Å². The molecular formula is C18H14N4S. The highest BCUT2D eigenvalue weighted by atomic mass is 32.1. The van der Waals surface area contributed by atoms with Gasteiger partial charge in [-0.1, -0.05) is 60.7 Å². The van der Waals surface area contributed by atoms with Gasteiger partial charge in [-0.3, -0.25) is 0 Å². The largest absolute Gasteiger partial charge is 0.232 e. The lowest BCUT2D eigenvalue weighted by atomic mass is 9.81. The third kappa shape index (κ3) is 2.17. The molecule has 0 saturated carbocycles. The van der Waals surface area contributed by atoms with E-state index in [4.69, 9.17) is 0 Å². The van der Waals surface area contributed by atoms with Gasteiger partial charge in [0.05, 0.1) is 4.88 Å². The van der Waals surface area contributed by atoms with Crippen LogP contribution in [0.15, 0.2) is 85.6 Å². The summed E-state index contributed by atoms with van der Waals surface area (Å²) in [5.74, 6) is 0. The molecule has 0 aliphatic carbocycles. The van der Waals surface area contributed by atoms with Crippen molar-refractivity contribution in [2.24, 2.45) is 0 Å². The van der Waals surface area contributed by atoms with E-state index in [-0.39, 0.29) is 0 Å². The summed E-state index contributed by atoms with van der Waals surface area (Å²) in [5, 5.41) is 4.48. The Kier molecular flexibility index (Phi) is 3.48. The topological polar surface area (TPSA) is 43.6 Å². The van der Waals surface area contributed by atoms with E-state index >= 15 is 0 Å². The molecule has 0 saturated heterocycles. The Hall–Kier alpha value is -2.79. The van der Waals surface area contributed by atoms with Gasteiger partial charge in [0.2, 0.25) is 0 Å². The molecule has 2 aromatic heterocycles. The number of hydrogen-bond donors (Lipinski definition) is 0. The third-order valence-electron chi connectivity index (χ3n) is 3.94. The van der Waals surface area contributed by atoms with Crippen molar-refractivity contribution in [1.82, 2.24) is 19.1 Å². The summed E-state index contributed by atoms with van der Waals surface area (Å²) in [4.78, 5) is 5.28.